The third-order valence-corrected chi connectivity index (χ3v) is 1.99. The average molecular weight is 239 g/mol. The fourth-order valence-corrected chi connectivity index (χ4v) is 1.20. The summed E-state index contributed by atoms with van der Waals surface area (Å²) in [6.07, 6.45) is 0. The molecule has 0 aliphatic carbocycles. The number of alkyl halides is 2. The van der Waals surface area contributed by atoms with Crippen molar-refractivity contribution in [2.24, 2.45) is 0 Å². The van der Waals surface area contributed by atoms with Crippen LogP contribution in [0.15, 0.2) is 12.1 Å². The van der Waals surface area contributed by atoms with Crippen LogP contribution in [-0.4, -0.2) is 12.4 Å². The van der Waals surface area contributed by atoms with Crippen LogP contribution in [0.2, 0.25) is 5.02 Å². The molecule has 82 valence electrons. The Morgan fingerprint density at radius 2 is 2.07 bits per heavy atom. The van der Waals surface area contributed by atoms with Crippen LogP contribution in [0.3, 0.4) is 0 Å². The van der Waals surface area contributed by atoms with E-state index in [4.69, 9.17) is 11.6 Å². The summed E-state index contributed by atoms with van der Waals surface area (Å²) < 4.78 is 40.9. The maximum atomic E-state index is 13.3. The molecule has 0 saturated heterocycles. The van der Waals surface area contributed by atoms with Gasteiger partial charge in [-0.2, -0.15) is 8.78 Å². The molecule has 1 rings (SSSR count). The Balaban J connectivity index is 3.15. The van der Waals surface area contributed by atoms with Gasteiger partial charge in [0.25, 0.3) is 0 Å². The van der Waals surface area contributed by atoms with E-state index in [0.717, 1.165) is 19.1 Å². The van der Waals surface area contributed by atoms with E-state index in [1.54, 1.807) is 0 Å². The number of ether oxygens (including phenoxy) is 1. The zero-order valence-corrected chi connectivity index (χ0v) is 8.32. The molecule has 0 aromatic heterocycles. The van der Waals surface area contributed by atoms with E-state index in [2.05, 4.69) is 4.74 Å². The van der Waals surface area contributed by atoms with Crippen molar-refractivity contribution >= 4 is 17.4 Å². The lowest BCUT2D eigenvalue weighted by atomic mass is 10.1. The van der Waals surface area contributed by atoms with E-state index in [0.29, 0.717) is 0 Å². The van der Waals surface area contributed by atoms with Gasteiger partial charge in [0.2, 0.25) is 0 Å². The van der Waals surface area contributed by atoms with Crippen molar-refractivity contribution in [2.75, 3.05) is 0 Å². The van der Waals surface area contributed by atoms with Crippen molar-refractivity contribution in [3.63, 3.8) is 0 Å². The molecule has 0 fully saturated rings. The highest BCUT2D eigenvalue weighted by Gasteiger charge is 2.17. The smallest absolute Gasteiger partial charge is 0.387 e. The summed E-state index contributed by atoms with van der Waals surface area (Å²) in [5.41, 5.74) is -0.262. The first-order valence-electron chi connectivity index (χ1n) is 3.87. The maximum Gasteiger partial charge on any atom is 0.387 e. The number of carbonyl (C=O) groups is 1. The second kappa shape index (κ2) is 4.53. The largest absolute Gasteiger partial charge is 0.433 e. The summed E-state index contributed by atoms with van der Waals surface area (Å²) in [4.78, 5) is 10.9. The third kappa shape index (κ3) is 2.62. The SMILES string of the molecule is CC(=O)c1ccc(OC(F)F)c(Cl)c1F. The molecule has 0 N–H and O–H groups in total. The number of hydrogen-bond acceptors (Lipinski definition) is 2. The van der Waals surface area contributed by atoms with Gasteiger partial charge < -0.3 is 4.74 Å². The lowest BCUT2D eigenvalue weighted by Crippen LogP contribution is -2.05. The second-order valence-corrected chi connectivity index (χ2v) is 3.05. The van der Waals surface area contributed by atoms with Gasteiger partial charge in [0.15, 0.2) is 11.6 Å². The minimum Gasteiger partial charge on any atom is -0.433 e. The molecule has 0 bridgehead atoms. The number of benzene rings is 1. The van der Waals surface area contributed by atoms with Crippen LogP contribution in [0.25, 0.3) is 0 Å². The van der Waals surface area contributed by atoms with Crippen LogP contribution in [-0.2, 0) is 0 Å². The number of hydrogen-bond donors (Lipinski definition) is 0. The summed E-state index contributed by atoms with van der Waals surface area (Å²) in [6, 6.07) is 2.07. The molecule has 2 nitrogen and oxygen atoms in total. The summed E-state index contributed by atoms with van der Waals surface area (Å²) in [5.74, 6) is -2.09. The van der Waals surface area contributed by atoms with Crippen LogP contribution in [0.4, 0.5) is 13.2 Å². The molecule has 0 atom stereocenters. The first-order valence-corrected chi connectivity index (χ1v) is 4.25. The minimum absolute atomic E-state index is 0.262. The third-order valence-electron chi connectivity index (χ3n) is 1.64. The van der Waals surface area contributed by atoms with Gasteiger partial charge in [-0.05, 0) is 19.1 Å². The number of rotatable bonds is 3. The fraction of sp³-hybridized carbons (Fsp3) is 0.222. The molecule has 0 spiro atoms. The van der Waals surface area contributed by atoms with Gasteiger partial charge in [0, 0.05) is 0 Å². The van der Waals surface area contributed by atoms with Crippen molar-refractivity contribution in [3.05, 3.63) is 28.5 Å². The van der Waals surface area contributed by atoms with E-state index in [-0.39, 0.29) is 5.56 Å². The van der Waals surface area contributed by atoms with Gasteiger partial charge in [-0.15, -0.1) is 0 Å². The van der Waals surface area contributed by atoms with Crippen molar-refractivity contribution in [3.8, 4) is 5.75 Å². The van der Waals surface area contributed by atoms with Crippen LogP contribution in [0.5, 0.6) is 5.75 Å². The van der Waals surface area contributed by atoms with Gasteiger partial charge in [-0.3, -0.25) is 4.79 Å². The predicted octanol–water partition coefficient (Wildman–Crippen LogP) is 3.28. The van der Waals surface area contributed by atoms with Gasteiger partial charge in [0.05, 0.1) is 5.56 Å². The Hall–Kier alpha value is -1.23. The zero-order chi connectivity index (χ0) is 11.6. The van der Waals surface area contributed by atoms with Crippen molar-refractivity contribution < 1.29 is 22.7 Å². The highest BCUT2D eigenvalue weighted by atomic mass is 35.5. The summed E-state index contributed by atoms with van der Waals surface area (Å²) in [6.45, 7) is -1.95. The number of Topliss-reactive ketones (excluding diaryl/α,β-unsaturated/α-hetero) is 1. The molecule has 0 aliphatic heterocycles. The summed E-state index contributed by atoms with van der Waals surface area (Å²) >= 11 is 5.40. The van der Waals surface area contributed by atoms with E-state index in [1.807, 2.05) is 0 Å². The van der Waals surface area contributed by atoms with E-state index < -0.39 is 29.0 Å². The Kier molecular flexibility index (Phi) is 3.57. The standard InChI is InChI=1S/C9H6ClF3O2/c1-4(14)5-2-3-6(15-9(12)13)7(10)8(5)11/h2-3,9H,1H3. The van der Waals surface area contributed by atoms with Crippen LogP contribution in [0, 0.1) is 5.82 Å². The normalized spacial score (nSPS) is 10.5. The molecule has 15 heavy (non-hydrogen) atoms. The van der Waals surface area contributed by atoms with E-state index in [1.165, 1.54) is 0 Å². The number of halogens is 4. The van der Waals surface area contributed by atoms with Crippen LogP contribution >= 0.6 is 11.6 Å². The number of ketones is 1. The molecule has 0 unspecified atom stereocenters. The molecule has 0 saturated carbocycles. The van der Waals surface area contributed by atoms with Crippen molar-refractivity contribution in [1.82, 2.24) is 0 Å². The molecule has 0 aliphatic rings. The van der Waals surface area contributed by atoms with Crippen LogP contribution in [0.1, 0.15) is 17.3 Å². The Labute approximate surface area is 88.6 Å². The van der Waals surface area contributed by atoms with Crippen LogP contribution < -0.4 is 4.74 Å². The quantitative estimate of drug-likeness (QED) is 0.756. The predicted molar refractivity (Wildman–Crippen MR) is 48.0 cm³/mol. The molecule has 1 aromatic carbocycles. The molecule has 0 amide bonds. The molecular formula is C9H6ClF3O2. The Morgan fingerprint density at radius 1 is 1.47 bits per heavy atom. The topological polar surface area (TPSA) is 26.3 Å². The summed E-state index contributed by atoms with van der Waals surface area (Å²) in [5, 5.41) is -0.622. The Bertz CT molecular complexity index is 393. The van der Waals surface area contributed by atoms with E-state index >= 15 is 0 Å². The zero-order valence-electron chi connectivity index (χ0n) is 7.56. The van der Waals surface area contributed by atoms with Gasteiger partial charge in [0.1, 0.15) is 10.8 Å². The van der Waals surface area contributed by atoms with Crippen molar-refractivity contribution in [2.45, 2.75) is 13.5 Å². The van der Waals surface area contributed by atoms with E-state index in [9.17, 15) is 18.0 Å². The lowest BCUT2D eigenvalue weighted by Gasteiger charge is -2.08. The number of carbonyl (C=O) groups excluding carboxylic acids is 1. The lowest BCUT2D eigenvalue weighted by molar-refractivity contribution is -0.0499. The van der Waals surface area contributed by atoms with Gasteiger partial charge in [-0.1, -0.05) is 11.6 Å². The average Bonchev–Trinajstić information content (AvgIpc) is 2.12. The molecule has 6 heteroatoms. The monoisotopic (exact) mass is 238 g/mol. The molecule has 0 radical (unpaired) electrons. The molecule has 1 aromatic rings. The van der Waals surface area contributed by atoms with Gasteiger partial charge in [-0.25, -0.2) is 4.39 Å². The highest BCUT2D eigenvalue weighted by molar-refractivity contribution is 6.32. The minimum atomic E-state index is -3.09. The van der Waals surface area contributed by atoms with Gasteiger partial charge >= 0.3 is 6.61 Å². The first kappa shape index (κ1) is 11.8. The van der Waals surface area contributed by atoms with Crippen molar-refractivity contribution in [1.29, 1.82) is 0 Å². The first-order chi connectivity index (χ1) is 6.93. The molecule has 0 heterocycles. The summed E-state index contributed by atoms with van der Waals surface area (Å²) in [7, 11) is 0. The molecular weight excluding hydrogens is 233 g/mol. The maximum absolute atomic E-state index is 13.3. The fourth-order valence-electron chi connectivity index (χ4n) is 0.991. The second-order valence-electron chi connectivity index (χ2n) is 2.67. The highest BCUT2D eigenvalue weighted by Crippen LogP contribution is 2.30. The Morgan fingerprint density at radius 3 is 2.53 bits per heavy atom.